The van der Waals surface area contributed by atoms with Gasteiger partial charge in [-0.1, -0.05) is 68.3 Å². The van der Waals surface area contributed by atoms with Gasteiger partial charge in [-0.2, -0.15) is 5.26 Å². The van der Waals surface area contributed by atoms with Gasteiger partial charge >= 0.3 is 0 Å². The summed E-state index contributed by atoms with van der Waals surface area (Å²) in [7, 11) is 0. The Bertz CT molecular complexity index is 501. The SMILES string of the molecule is CCCCCc1ccc(C2(C#N)C=CC=CC2)cc1. The fourth-order valence-electron chi connectivity index (χ4n) is 2.53. The van der Waals surface area contributed by atoms with Gasteiger partial charge in [0.1, 0.15) is 5.41 Å². The van der Waals surface area contributed by atoms with E-state index in [-0.39, 0.29) is 0 Å². The minimum Gasteiger partial charge on any atom is -0.197 e. The number of unbranched alkanes of at least 4 members (excludes halogenated alkanes) is 2. The smallest absolute Gasteiger partial charge is 0.104 e. The van der Waals surface area contributed by atoms with Crippen LogP contribution < -0.4 is 0 Å². The summed E-state index contributed by atoms with van der Waals surface area (Å²) in [6, 6.07) is 11.1. The number of nitrogens with zero attached hydrogens (tertiary/aromatic N) is 1. The molecule has 0 saturated carbocycles. The number of allylic oxidation sites excluding steroid dienone is 4. The van der Waals surface area contributed by atoms with Gasteiger partial charge in [0.05, 0.1) is 6.07 Å². The summed E-state index contributed by atoms with van der Waals surface area (Å²) >= 11 is 0. The first-order chi connectivity index (χ1) is 9.30. The number of hydrogen-bond donors (Lipinski definition) is 0. The standard InChI is InChI=1S/C18H21N/c1-2-3-5-8-16-9-11-17(12-10-16)18(15-19)13-6-4-7-14-18/h4,6-7,9-13H,2-3,5,8,14H2,1H3. The maximum atomic E-state index is 9.50. The molecule has 0 heterocycles. The van der Waals surface area contributed by atoms with Gasteiger partial charge in [-0.3, -0.25) is 0 Å². The van der Waals surface area contributed by atoms with Crippen molar-refractivity contribution in [2.24, 2.45) is 0 Å². The first kappa shape index (κ1) is 13.6. The molecule has 1 aromatic rings. The summed E-state index contributed by atoms with van der Waals surface area (Å²) in [4.78, 5) is 0. The third kappa shape index (κ3) is 3.15. The molecule has 1 aromatic carbocycles. The molecule has 0 bridgehead atoms. The number of aryl methyl sites for hydroxylation is 1. The third-order valence-corrected chi connectivity index (χ3v) is 3.81. The average Bonchev–Trinajstić information content (AvgIpc) is 2.49. The van der Waals surface area contributed by atoms with Crippen LogP contribution in [0.5, 0.6) is 0 Å². The summed E-state index contributed by atoms with van der Waals surface area (Å²) in [5, 5.41) is 9.50. The van der Waals surface area contributed by atoms with Crippen LogP contribution in [0, 0.1) is 11.3 Å². The van der Waals surface area contributed by atoms with Gasteiger partial charge in [0.2, 0.25) is 0 Å². The van der Waals surface area contributed by atoms with Crippen molar-refractivity contribution in [2.75, 3.05) is 0 Å². The van der Waals surface area contributed by atoms with E-state index >= 15 is 0 Å². The van der Waals surface area contributed by atoms with Crippen LogP contribution in [0.3, 0.4) is 0 Å². The normalized spacial score (nSPS) is 21.3. The Labute approximate surface area is 116 Å². The molecule has 0 fully saturated rings. The van der Waals surface area contributed by atoms with Crippen LogP contribution in [0.2, 0.25) is 0 Å². The Morgan fingerprint density at radius 2 is 1.95 bits per heavy atom. The molecule has 98 valence electrons. The van der Waals surface area contributed by atoms with E-state index in [1.165, 1.54) is 24.8 Å². The number of nitriles is 1. The lowest BCUT2D eigenvalue weighted by Crippen LogP contribution is -2.21. The lowest BCUT2D eigenvalue weighted by atomic mass is 9.76. The second-order valence-electron chi connectivity index (χ2n) is 5.23. The van der Waals surface area contributed by atoms with Crippen LogP contribution in [0.1, 0.15) is 43.7 Å². The van der Waals surface area contributed by atoms with E-state index in [0.717, 1.165) is 18.4 Å². The van der Waals surface area contributed by atoms with Crippen LogP contribution in [0.4, 0.5) is 0 Å². The zero-order valence-electron chi connectivity index (χ0n) is 11.6. The monoisotopic (exact) mass is 251 g/mol. The van der Waals surface area contributed by atoms with E-state index in [2.05, 4.69) is 43.3 Å². The summed E-state index contributed by atoms with van der Waals surface area (Å²) in [6.45, 7) is 2.22. The highest BCUT2D eigenvalue weighted by Crippen LogP contribution is 2.32. The van der Waals surface area contributed by atoms with Gasteiger partial charge in [-0.15, -0.1) is 0 Å². The first-order valence-electron chi connectivity index (χ1n) is 7.16. The second kappa shape index (κ2) is 6.38. The van der Waals surface area contributed by atoms with Gasteiger partial charge < -0.3 is 0 Å². The molecule has 0 amide bonds. The summed E-state index contributed by atoms with van der Waals surface area (Å²) < 4.78 is 0. The molecule has 0 aromatic heterocycles. The van der Waals surface area contributed by atoms with Gasteiger partial charge in [-0.25, -0.2) is 0 Å². The van der Waals surface area contributed by atoms with E-state index in [0.29, 0.717) is 0 Å². The number of benzene rings is 1. The second-order valence-corrected chi connectivity index (χ2v) is 5.23. The minimum absolute atomic E-state index is 0.462. The van der Waals surface area contributed by atoms with Crippen molar-refractivity contribution in [3.63, 3.8) is 0 Å². The molecule has 0 N–H and O–H groups in total. The summed E-state index contributed by atoms with van der Waals surface area (Å²) in [5.41, 5.74) is 2.02. The van der Waals surface area contributed by atoms with Gasteiger partial charge in [0, 0.05) is 0 Å². The third-order valence-electron chi connectivity index (χ3n) is 3.81. The van der Waals surface area contributed by atoms with E-state index < -0.39 is 5.41 Å². The molecule has 0 aliphatic heterocycles. The number of hydrogen-bond acceptors (Lipinski definition) is 1. The molecule has 1 aliphatic rings. The Morgan fingerprint density at radius 3 is 2.53 bits per heavy atom. The highest BCUT2D eigenvalue weighted by Gasteiger charge is 2.28. The van der Waals surface area contributed by atoms with Gasteiger partial charge in [0.15, 0.2) is 0 Å². The average molecular weight is 251 g/mol. The zero-order chi connectivity index (χ0) is 13.6. The Morgan fingerprint density at radius 1 is 1.16 bits per heavy atom. The van der Waals surface area contributed by atoms with E-state index in [1.807, 2.05) is 18.2 Å². The van der Waals surface area contributed by atoms with Crippen molar-refractivity contribution < 1.29 is 0 Å². The lowest BCUT2D eigenvalue weighted by Gasteiger charge is -2.24. The topological polar surface area (TPSA) is 23.8 Å². The molecule has 1 heteroatoms. The molecule has 1 nitrogen and oxygen atoms in total. The molecular formula is C18H21N. The maximum Gasteiger partial charge on any atom is 0.104 e. The predicted molar refractivity (Wildman–Crippen MR) is 79.9 cm³/mol. The highest BCUT2D eigenvalue weighted by molar-refractivity contribution is 5.43. The molecular weight excluding hydrogens is 230 g/mol. The molecule has 2 rings (SSSR count). The summed E-state index contributed by atoms with van der Waals surface area (Å²) in [5.74, 6) is 0. The quantitative estimate of drug-likeness (QED) is 0.696. The van der Waals surface area contributed by atoms with Crippen LogP contribution in [-0.4, -0.2) is 0 Å². The molecule has 0 spiro atoms. The lowest BCUT2D eigenvalue weighted by molar-refractivity contribution is 0.688. The fourth-order valence-corrected chi connectivity index (χ4v) is 2.53. The molecule has 0 saturated heterocycles. The van der Waals surface area contributed by atoms with Crippen LogP contribution in [0.15, 0.2) is 48.6 Å². The molecule has 0 radical (unpaired) electrons. The molecule has 1 atom stereocenters. The van der Waals surface area contributed by atoms with E-state index in [1.54, 1.807) is 0 Å². The Balaban J connectivity index is 2.11. The van der Waals surface area contributed by atoms with Crippen molar-refractivity contribution in [3.05, 3.63) is 59.7 Å². The number of rotatable bonds is 5. The van der Waals surface area contributed by atoms with Crippen molar-refractivity contribution >= 4 is 0 Å². The van der Waals surface area contributed by atoms with Crippen LogP contribution in [-0.2, 0) is 11.8 Å². The molecule has 1 aliphatic carbocycles. The van der Waals surface area contributed by atoms with Crippen LogP contribution >= 0.6 is 0 Å². The fraction of sp³-hybridized carbons (Fsp3) is 0.389. The van der Waals surface area contributed by atoms with Gasteiger partial charge in [-0.05, 0) is 30.4 Å². The van der Waals surface area contributed by atoms with E-state index in [4.69, 9.17) is 0 Å². The molecule has 1 unspecified atom stereocenters. The van der Waals surface area contributed by atoms with Crippen molar-refractivity contribution in [2.45, 2.75) is 44.4 Å². The highest BCUT2D eigenvalue weighted by atomic mass is 14.4. The largest absolute Gasteiger partial charge is 0.197 e. The van der Waals surface area contributed by atoms with Crippen molar-refractivity contribution in [1.82, 2.24) is 0 Å². The van der Waals surface area contributed by atoms with Crippen molar-refractivity contribution in [3.8, 4) is 6.07 Å². The maximum absolute atomic E-state index is 9.50. The zero-order valence-corrected chi connectivity index (χ0v) is 11.6. The Hall–Kier alpha value is -1.81. The van der Waals surface area contributed by atoms with Gasteiger partial charge in [0.25, 0.3) is 0 Å². The predicted octanol–water partition coefficient (Wildman–Crippen LogP) is 4.70. The first-order valence-corrected chi connectivity index (χ1v) is 7.16. The van der Waals surface area contributed by atoms with E-state index in [9.17, 15) is 5.26 Å². The molecule has 19 heavy (non-hydrogen) atoms. The Kier molecular flexibility index (Phi) is 4.58. The minimum atomic E-state index is -0.462. The summed E-state index contributed by atoms with van der Waals surface area (Å²) in [6.07, 6.45) is 13.8. The van der Waals surface area contributed by atoms with Crippen molar-refractivity contribution in [1.29, 1.82) is 5.26 Å². The van der Waals surface area contributed by atoms with Crippen LogP contribution in [0.25, 0.3) is 0 Å².